The van der Waals surface area contributed by atoms with E-state index in [0.717, 1.165) is 35.6 Å². The first kappa shape index (κ1) is 27.2. The van der Waals surface area contributed by atoms with Crippen molar-refractivity contribution in [3.8, 4) is 0 Å². The number of benzene rings is 3. The third-order valence-electron chi connectivity index (χ3n) is 7.91. The highest BCUT2D eigenvalue weighted by Gasteiger charge is 2.41. The van der Waals surface area contributed by atoms with Crippen molar-refractivity contribution in [2.45, 2.75) is 51.5 Å². The number of carboxylic acid groups (broad SMARTS) is 1. The summed E-state index contributed by atoms with van der Waals surface area (Å²) in [5, 5.41) is 14.8. The number of Topliss-reactive ketones (excluding diaryl/α,β-unsaturated/α-hetero) is 1. The van der Waals surface area contributed by atoms with Gasteiger partial charge in [-0.25, -0.2) is 0 Å². The van der Waals surface area contributed by atoms with Crippen molar-refractivity contribution in [3.05, 3.63) is 101 Å². The maximum absolute atomic E-state index is 14.1. The summed E-state index contributed by atoms with van der Waals surface area (Å²) < 4.78 is 0. The van der Waals surface area contributed by atoms with Crippen molar-refractivity contribution in [2.24, 2.45) is 0 Å². The van der Waals surface area contributed by atoms with E-state index in [-0.39, 0.29) is 24.0 Å². The first-order valence-corrected chi connectivity index (χ1v) is 13.9. The maximum atomic E-state index is 14.1. The lowest BCUT2D eigenvalue weighted by Crippen LogP contribution is -2.39. The number of aliphatic carboxylic acids is 1. The van der Waals surface area contributed by atoms with E-state index in [2.05, 4.69) is 48.3 Å². The lowest BCUT2D eigenvalue weighted by Gasteiger charge is -2.35. The van der Waals surface area contributed by atoms with Crippen molar-refractivity contribution in [2.75, 3.05) is 28.2 Å². The monoisotopic (exact) mass is 536 g/mol. The fraction of sp³-hybridized carbons (Fsp3) is 0.303. The van der Waals surface area contributed by atoms with Crippen molar-refractivity contribution >= 4 is 34.7 Å². The van der Waals surface area contributed by atoms with Crippen LogP contribution in [0.25, 0.3) is 0 Å². The molecule has 0 saturated carbocycles. The van der Waals surface area contributed by atoms with Gasteiger partial charge in [-0.05, 0) is 68.0 Å². The largest absolute Gasteiger partial charge is 0.550 e. The zero-order valence-electron chi connectivity index (χ0n) is 22.9. The molecule has 3 aromatic rings. The molecule has 0 spiro atoms. The van der Waals surface area contributed by atoms with E-state index in [1.165, 1.54) is 0 Å². The number of amides is 1. The van der Waals surface area contributed by atoms with Crippen LogP contribution < -0.4 is 20.2 Å². The van der Waals surface area contributed by atoms with E-state index >= 15 is 0 Å². The highest BCUT2D eigenvalue weighted by Crippen LogP contribution is 2.47. The predicted octanol–water partition coefficient (Wildman–Crippen LogP) is 4.96. The zero-order valence-corrected chi connectivity index (χ0v) is 22.9. The Kier molecular flexibility index (Phi) is 8.01. The smallest absolute Gasteiger partial charge is 0.228 e. The summed E-state index contributed by atoms with van der Waals surface area (Å²) >= 11 is 0. The number of hydrogen-bond donors (Lipinski definition) is 1. The summed E-state index contributed by atoms with van der Waals surface area (Å²) in [4.78, 5) is 42.8. The molecule has 1 aliphatic heterocycles. The second kappa shape index (κ2) is 11.8. The molecule has 206 valence electrons. The molecule has 0 radical (unpaired) electrons. The predicted molar refractivity (Wildman–Crippen MR) is 155 cm³/mol. The molecule has 5 rings (SSSR count). The van der Waals surface area contributed by atoms with Crippen molar-refractivity contribution < 1.29 is 19.5 Å². The molecule has 40 heavy (non-hydrogen) atoms. The Labute approximate surface area is 235 Å². The number of anilines is 3. The molecule has 2 atom stereocenters. The Hall–Kier alpha value is -4.39. The summed E-state index contributed by atoms with van der Waals surface area (Å²) in [6.45, 7) is 6.12. The number of hydrogen-bond acceptors (Lipinski definition) is 6. The molecule has 7 nitrogen and oxygen atoms in total. The molecule has 2 aliphatic rings. The maximum Gasteiger partial charge on any atom is 0.228 e. The average Bonchev–Trinajstić information content (AvgIpc) is 3.12. The summed E-state index contributed by atoms with van der Waals surface area (Å²) in [5.41, 5.74) is 5.74. The molecule has 1 aliphatic carbocycles. The van der Waals surface area contributed by atoms with Crippen LogP contribution in [0, 0.1) is 0 Å². The second-order valence-electron chi connectivity index (χ2n) is 10.3. The number of rotatable bonds is 8. The van der Waals surface area contributed by atoms with E-state index in [9.17, 15) is 19.5 Å². The van der Waals surface area contributed by atoms with Gasteiger partial charge in [-0.1, -0.05) is 54.6 Å². The van der Waals surface area contributed by atoms with Gasteiger partial charge in [0, 0.05) is 48.9 Å². The van der Waals surface area contributed by atoms with E-state index in [1.807, 2.05) is 54.6 Å². The van der Waals surface area contributed by atoms with Gasteiger partial charge in [-0.15, -0.1) is 0 Å². The minimum absolute atomic E-state index is 0.00609. The number of allylic oxidation sites excluding steroid dienone is 1. The molecule has 0 unspecified atom stereocenters. The van der Waals surface area contributed by atoms with Crippen LogP contribution in [0.15, 0.2) is 90.1 Å². The normalized spacial score (nSPS) is 18.4. The Morgan fingerprint density at radius 1 is 0.875 bits per heavy atom. The number of ketones is 1. The number of nitrogens with one attached hydrogen (secondary N) is 1. The fourth-order valence-electron chi connectivity index (χ4n) is 5.93. The molecule has 3 aromatic carbocycles. The van der Waals surface area contributed by atoms with Gasteiger partial charge in [-0.3, -0.25) is 14.5 Å². The van der Waals surface area contributed by atoms with Crippen molar-refractivity contribution in [3.63, 3.8) is 0 Å². The Morgan fingerprint density at radius 3 is 2.23 bits per heavy atom. The van der Waals surface area contributed by atoms with Gasteiger partial charge in [0.2, 0.25) is 5.91 Å². The number of para-hydroxylation sites is 2. The lowest BCUT2D eigenvalue weighted by atomic mass is 9.78. The van der Waals surface area contributed by atoms with Gasteiger partial charge in [0.25, 0.3) is 0 Å². The van der Waals surface area contributed by atoms with Crippen LogP contribution in [0.3, 0.4) is 0 Å². The van der Waals surface area contributed by atoms with Crippen LogP contribution >= 0.6 is 0 Å². The number of carbonyl (C=O) groups excluding carboxylic acids is 3. The summed E-state index contributed by atoms with van der Waals surface area (Å²) in [6, 6.07) is 24.7. The highest BCUT2D eigenvalue weighted by atomic mass is 16.4. The molecule has 1 N–H and O–H groups in total. The van der Waals surface area contributed by atoms with Crippen LogP contribution in [-0.4, -0.2) is 30.7 Å². The first-order valence-electron chi connectivity index (χ1n) is 13.9. The van der Waals surface area contributed by atoms with Crippen molar-refractivity contribution in [1.82, 2.24) is 0 Å². The number of carboxylic acids is 1. The third-order valence-corrected chi connectivity index (χ3v) is 7.91. The second-order valence-corrected chi connectivity index (χ2v) is 10.3. The van der Waals surface area contributed by atoms with Gasteiger partial charge < -0.3 is 20.1 Å². The van der Waals surface area contributed by atoms with E-state index in [1.54, 1.807) is 4.90 Å². The Bertz CT molecular complexity index is 1430. The highest BCUT2D eigenvalue weighted by molar-refractivity contribution is 6.06. The van der Waals surface area contributed by atoms with Gasteiger partial charge in [-0.2, -0.15) is 0 Å². The minimum Gasteiger partial charge on any atom is -0.550 e. The van der Waals surface area contributed by atoms with Crippen molar-refractivity contribution in [1.29, 1.82) is 0 Å². The fourth-order valence-corrected chi connectivity index (χ4v) is 5.93. The van der Waals surface area contributed by atoms with Gasteiger partial charge in [0.15, 0.2) is 5.78 Å². The molecular formula is C33H34N3O4-. The standard InChI is InChI=1S/C33H35N3O4/c1-3-35(4-2)25-16-14-22(15-17-25)24-20-27-32(29(37)21-24)33(23-10-6-5-7-11-23)36(30(38)18-19-31(39)40)28-13-9-8-12-26(28)34-27/h5-17,24,33-34H,3-4,18-21H2,1-2H3,(H,39,40)/p-1/t24-,33-/m0/s1. The SMILES string of the molecule is CCN(CC)c1ccc([C@@H]2CC(=O)C3=C(C2)Nc2ccccc2N(C(=O)CCC(=O)[O-])[C@H]3c2ccccc2)cc1. The van der Waals surface area contributed by atoms with E-state index < -0.39 is 18.4 Å². The topological polar surface area (TPSA) is 92.8 Å². The van der Waals surface area contributed by atoms with Gasteiger partial charge in [0.05, 0.1) is 17.4 Å². The molecule has 1 heterocycles. The molecule has 0 fully saturated rings. The minimum atomic E-state index is -1.28. The molecular weight excluding hydrogens is 502 g/mol. The molecule has 7 heteroatoms. The zero-order chi connectivity index (χ0) is 28.2. The van der Waals surface area contributed by atoms with Gasteiger partial charge in [0.1, 0.15) is 0 Å². The number of nitrogens with zero attached hydrogens (tertiary/aromatic N) is 2. The Balaban J connectivity index is 1.59. The molecule has 0 bridgehead atoms. The van der Waals surface area contributed by atoms with Crippen LogP contribution in [0.2, 0.25) is 0 Å². The van der Waals surface area contributed by atoms with Crippen LogP contribution in [0.4, 0.5) is 17.1 Å². The van der Waals surface area contributed by atoms with Crippen LogP contribution in [0.1, 0.15) is 62.6 Å². The summed E-state index contributed by atoms with van der Waals surface area (Å²) in [6.07, 6.45) is 0.326. The first-order chi connectivity index (χ1) is 19.4. The quantitative estimate of drug-likeness (QED) is 0.437. The van der Waals surface area contributed by atoms with E-state index in [4.69, 9.17) is 0 Å². The summed E-state index contributed by atoms with van der Waals surface area (Å²) in [7, 11) is 0. The number of carbonyl (C=O) groups is 3. The lowest BCUT2D eigenvalue weighted by molar-refractivity contribution is -0.305. The van der Waals surface area contributed by atoms with E-state index in [0.29, 0.717) is 29.8 Å². The molecule has 0 saturated heterocycles. The average molecular weight is 537 g/mol. The third kappa shape index (κ3) is 5.37. The Morgan fingerprint density at radius 2 is 1.55 bits per heavy atom. The van der Waals surface area contributed by atoms with Crippen LogP contribution in [0.5, 0.6) is 0 Å². The molecule has 1 amide bonds. The number of fused-ring (bicyclic) bond motifs is 1. The van der Waals surface area contributed by atoms with Gasteiger partial charge >= 0.3 is 0 Å². The molecule has 0 aromatic heterocycles. The van der Waals surface area contributed by atoms with Crippen LogP contribution in [-0.2, 0) is 14.4 Å². The summed E-state index contributed by atoms with van der Waals surface area (Å²) in [5.74, 6) is -1.68.